The third-order valence-corrected chi connectivity index (χ3v) is 5.56. The first-order valence-corrected chi connectivity index (χ1v) is 11.8. The number of esters is 3. The SMILES string of the molecule is CCOC(=O)C(=O)c1c(C(=O)OC(C)C)c(C(=O)OC(C)C)c2c3ccccc3c3ccccc3n12. The van der Waals surface area contributed by atoms with Crippen molar-refractivity contribution in [3.8, 4) is 0 Å². The van der Waals surface area contributed by atoms with Crippen molar-refractivity contribution in [3.63, 3.8) is 0 Å². The zero-order valence-electron chi connectivity index (χ0n) is 20.8. The van der Waals surface area contributed by atoms with Gasteiger partial charge in [-0.05, 0) is 46.1 Å². The second-order valence-corrected chi connectivity index (χ2v) is 8.80. The molecule has 0 amide bonds. The highest BCUT2D eigenvalue weighted by atomic mass is 16.6. The zero-order chi connectivity index (χ0) is 26.1. The number of carbonyl (C=O) groups is 4. The molecule has 2 aromatic carbocycles. The standard InChI is InChI=1S/C28H27NO7/c1-6-34-28(33)25(30)24-22(27(32)36-16(4)5)21(26(31)35-15(2)3)23-19-13-8-7-11-17(19)18-12-9-10-14-20(18)29(23)24/h7-16H,6H2,1-5H3. The molecule has 0 aliphatic carbocycles. The molecular weight excluding hydrogens is 462 g/mol. The summed E-state index contributed by atoms with van der Waals surface area (Å²) in [6.45, 7) is 8.20. The van der Waals surface area contributed by atoms with Crippen LogP contribution in [0.3, 0.4) is 0 Å². The van der Waals surface area contributed by atoms with Gasteiger partial charge in [0, 0.05) is 10.8 Å². The monoisotopic (exact) mass is 489 g/mol. The van der Waals surface area contributed by atoms with E-state index in [1.165, 1.54) is 4.40 Å². The average Bonchev–Trinajstić information content (AvgIpc) is 3.20. The molecule has 36 heavy (non-hydrogen) atoms. The first kappa shape index (κ1) is 24.9. The maximum atomic E-state index is 13.5. The van der Waals surface area contributed by atoms with Crippen molar-refractivity contribution >= 4 is 50.9 Å². The second-order valence-electron chi connectivity index (χ2n) is 8.80. The summed E-state index contributed by atoms with van der Waals surface area (Å²) in [6.07, 6.45) is -1.05. The first-order valence-electron chi connectivity index (χ1n) is 11.8. The van der Waals surface area contributed by atoms with Crippen molar-refractivity contribution in [1.82, 2.24) is 4.40 Å². The Balaban J connectivity index is 2.29. The molecule has 8 nitrogen and oxygen atoms in total. The molecule has 0 aliphatic heterocycles. The van der Waals surface area contributed by atoms with Crippen LogP contribution in [0, 0.1) is 0 Å². The van der Waals surface area contributed by atoms with Crippen LogP contribution in [0.5, 0.6) is 0 Å². The number of benzene rings is 2. The fourth-order valence-corrected chi connectivity index (χ4v) is 4.34. The number of ketones is 1. The first-order chi connectivity index (χ1) is 17.2. The lowest BCUT2D eigenvalue weighted by molar-refractivity contribution is -0.137. The lowest BCUT2D eigenvalue weighted by Crippen LogP contribution is -2.24. The van der Waals surface area contributed by atoms with Gasteiger partial charge in [-0.2, -0.15) is 0 Å². The molecule has 0 spiro atoms. The van der Waals surface area contributed by atoms with Crippen molar-refractivity contribution in [2.24, 2.45) is 0 Å². The third-order valence-electron chi connectivity index (χ3n) is 5.56. The summed E-state index contributed by atoms with van der Waals surface area (Å²) in [5.41, 5.74) is 0.0453. The Morgan fingerprint density at radius 1 is 0.750 bits per heavy atom. The summed E-state index contributed by atoms with van der Waals surface area (Å²) < 4.78 is 17.4. The summed E-state index contributed by atoms with van der Waals surface area (Å²) in [4.78, 5) is 53.2. The number of fused-ring (bicyclic) bond motifs is 6. The Morgan fingerprint density at radius 3 is 1.86 bits per heavy atom. The summed E-state index contributed by atoms with van der Waals surface area (Å²) >= 11 is 0. The molecule has 0 aliphatic rings. The molecule has 0 radical (unpaired) electrons. The molecule has 0 saturated carbocycles. The second kappa shape index (κ2) is 9.81. The Labute approximate surface area is 207 Å². The van der Waals surface area contributed by atoms with Crippen LogP contribution in [0.2, 0.25) is 0 Å². The fraction of sp³-hybridized carbons (Fsp3) is 0.286. The molecule has 186 valence electrons. The number of nitrogens with zero attached hydrogens (tertiary/aromatic N) is 1. The van der Waals surface area contributed by atoms with Gasteiger partial charge < -0.3 is 18.6 Å². The Hall–Kier alpha value is -4.20. The number of pyridine rings is 1. The zero-order valence-corrected chi connectivity index (χ0v) is 20.8. The Kier molecular flexibility index (Phi) is 6.79. The number of ether oxygens (including phenoxy) is 3. The highest BCUT2D eigenvalue weighted by molar-refractivity contribution is 6.43. The van der Waals surface area contributed by atoms with Crippen LogP contribution >= 0.6 is 0 Å². The van der Waals surface area contributed by atoms with Crippen LogP contribution < -0.4 is 0 Å². The van der Waals surface area contributed by atoms with E-state index in [0.29, 0.717) is 10.9 Å². The summed E-state index contributed by atoms with van der Waals surface area (Å²) in [7, 11) is 0. The van der Waals surface area contributed by atoms with Gasteiger partial charge in [-0.25, -0.2) is 14.4 Å². The van der Waals surface area contributed by atoms with Crippen LogP contribution in [0.1, 0.15) is 65.8 Å². The number of para-hydroxylation sites is 1. The van der Waals surface area contributed by atoms with Gasteiger partial charge in [0.25, 0.3) is 5.78 Å². The van der Waals surface area contributed by atoms with E-state index in [1.54, 1.807) is 58.9 Å². The lowest BCUT2D eigenvalue weighted by Gasteiger charge is -2.12. The summed E-state index contributed by atoms with van der Waals surface area (Å²) in [5, 5.41) is 2.17. The maximum absolute atomic E-state index is 13.5. The molecule has 8 heteroatoms. The largest absolute Gasteiger partial charge is 0.460 e. The van der Waals surface area contributed by atoms with Crippen molar-refractivity contribution in [3.05, 3.63) is 65.4 Å². The predicted molar refractivity (Wildman–Crippen MR) is 134 cm³/mol. The molecular formula is C28H27NO7. The van der Waals surface area contributed by atoms with Gasteiger partial charge >= 0.3 is 17.9 Å². The van der Waals surface area contributed by atoms with E-state index >= 15 is 0 Å². The van der Waals surface area contributed by atoms with E-state index in [0.717, 1.165) is 10.8 Å². The molecule has 4 rings (SSSR count). The minimum Gasteiger partial charge on any atom is -0.460 e. The Morgan fingerprint density at radius 2 is 1.28 bits per heavy atom. The van der Waals surface area contributed by atoms with E-state index in [-0.39, 0.29) is 28.9 Å². The van der Waals surface area contributed by atoms with E-state index < -0.39 is 35.9 Å². The van der Waals surface area contributed by atoms with Gasteiger partial charge in [-0.3, -0.25) is 4.79 Å². The summed E-state index contributed by atoms with van der Waals surface area (Å²) in [5.74, 6) is -3.92. The maximum Gasteiger partial charge on any atom is 0.381 e. The highest BCUT2D eigenvalue weighted by Crippen LogP contribution is 2.37. The van der Waals surface area contributed by atoms with E-state index in [1.807, 2.05) is 24.3 Å². The minimum absolute atomic E-state index is 0.0361. The normalized spacial score (nSPS) is 11.4. The molecule has 0 N–H and O–H groups in total. The van der Waals surface area contributed by atoms with Gasteiger partial charge in [0.1, 0.15) is 16.8 Å². The van der Waals surface area contributed by atoms with E-state index in [2.05, 4.69) is 0 Å². The number of Topliss-reactive ketones (excluding diaryl/α,β-unsaturated/α-hetero) is 1. The van der Waals surface area contributed by atoms with E-state index in [9.17, 15) is 19.2 Å². The predicted octanol–water partition coefficient (Wildman–Crippen LogP) is 5.12. The van der Waals surface area contributed by atoms with E-state index in [4.69, 9.17) is 14.2 Å². The van der Waals surface area contributed by atoms with Gasteiger partial charge in [0.2, 0.25) is 0 Å². The molecule has 0 unspecified atom stereocenters. The van der Waals surface area contributed by atoms with Crippen LogP contribution in [0.25, 0.3) is 27.2 Å². The van der Waals surface area contributed by atoms with Crippen LogP contribution in [-0.4, -0.2) is 46.9 Å². The average molecular weight is 490 g/mol. The number of hydrogen-bond donors (Lipinski definition) is 0. The Bertz CT molecular complexity index is 1530. The lowest BCUT2D eigenvalue weighted by atomic mass is 10.0. The summed E-state index contributed by atoms with van der Waals surface area (Å²) in [6, 6.07) is 14.6. The minimum atomic E-state index is -1.14. The number of aromatic nitrogens is 1. The molecule has 0 saturated heterocycles. The topological polar surface area (TPSA) is 100 Å². The number of hydrogen-bond acceptors (Lipinski definition) is 7. The number of rotatable bonds is 7. The molecule has 0 bridgehead atoms. The van der Waals surface area contributed by atoms with Crippen molar-refractivity contribution < 1.29 is 33.4 Å². The third kappa shape index (κ3) is 4.19. The smallest absolute Gasteiger partial charge is 0.381 e. The van der Waals surface area contributed by atoms with Gasteiger partial charge in [0.15, 0.2) is 0 Å². The van der Waals surface area contributed by atoms with Crippen LogP contribution in [-0.2, 0) is 19.0 Å². The molecule has 0 fully saturated rings. The highest BCUT2D eigenvalue weighted by Gasteiger charge is 2.38. The van der Waals surface area contributed by atoms with Crippen molar-refractivity contribution in [2.45, 2.75) is 46.8 Å². The fourth-order valence-electron chi connectivity index (χ4n) is 4.34. The quantitative estimate of drug-likeness (QED) is 0.117. The van der Waals surface area contributed by atoms with Gasteiger partial charge in [-0.15, -0.1) is 0 Å². The van der Waals surface area contributed by atoms with Crippen LogP contribution in [0.4, 0.5) is 0 Å². The number of carbonyl (C=O) groups excluding carboxylic acids is 4. The van der Waals surface area contributed by atoms with Gasteiger partial charge in [-0.1, -0.05) is 42.5 Å². The molecule has 2 aromatic heterocycles. The molecule has 0 atom stereocenters. The van der Waals surface area contributed by atoms with Crippen molar-refractivity contribution in [1.29, 1.82) is 0 Å². The van der Waals surface area contributed by atoms with Crippen molar-refractivity contribution in [2.75, 3.05) is 6.61 Å². The molecule has 2 heterocycles. The van der Waals surface area contributed by atoms with Gasteiger partial charge in [0.05, 0.1) is 29.8 Å². The molecule has 4 aromatic rings. The van der Waals surface area contributed by atoms with Crippen LogP contribution in [0.15, 0.2) is 48.5 Å².